The summed E-state index contributed by atoms with van der Waals surface area (Å²) in [6.45, 7) is 6.81. The first kappa shape index (κ1) is 31.8. The van der Waals surface area contributed by atoms with Crippen LogP contribution in [0.3, 0.4) is 0 Å². The molecule has 6 rings (SSSR count). The van der Waals surface area contributed by atoms with E-state index in [9.17, 15) is 14.4 Å². The molecule has 8 nitrogen and oxygen atoms in total. The number of carbonyl (C=O) groups excluding carboxylic acids is 3. The highest BCUT2D eigenvalue weighted by molar-refractivity contribution is 6.39. The Morgan fingerprint density at radius 3 is 2.29 bits per heavy atom. The standard InChI is InChI=1S/C40H34N2O6/c1-3-11-30-22-28(24-36(46-4-2)37(30)48-26-31-16-10-15-29-14-8-9-17-34(29)31)23-35-38(43)41-40(45)42(39(35)44)32-18-20-33(21-19-32)47-25-27-12-6-5-7-13-27/h3,5-10,12-24H,1,4,11,25-26H2,2H3,(H,41,43,45)/b35-23+. The van der Waals surface area contributed by atoms with Gasteiger partial charge in [0.1, 0.15) is 24.5 Å². The SMILES string of the molecule is C=CCc1cc(/C=C2\C(=O)NC(=O)N(c3ccc(OCc4ccccc4)cc3)C2=O)cc(OCC)c1OCc1cccc2ccccc12. The molecule has 1 heterocycles. The Balaban J connectivity index is 1.27. The molecular formula is C40H34N2O6. The largest absolute Gasteiger partial charge is 0.490 e. The summed E-state index contributed by atoms with van der Waals surface area (Å²) in [5.41, 5.74) is 3.43. The Hall–Kier alpha value is -6.15. The van der Waals surface area contributed by atoms with Crippen molar-refractivity contribution in [2.45, 2.75) is 26.6 Å². The van der Waals surface area contributed by atoms with Gasteiger partial charge in [0.25, 0.3) is 11.8 Å². The van der Waals surface area contributed by atoms with Crippen LogP contribution in [0.2, 0.25) is 0 Å². The smallest absolute Gasteiger partial charge is 0.335 e. The normalized spacial score (nSPS) is 13.8. The first-order valence-corrected chi connectivity index (χ1v) is 15.6. The van der Waals surface area contributed by atoms with Crippen molar-refractivity contribution in [3.63, 3.8) is 0 Å². The van der Waals surface area contributed by atoms with E-state index in [2.05, 4.69) is 30.1 Å². The summed E-state index contributed by atoms with van der Waals surface area (Å²) in [7, 11) is 0. The van der Waals surface area contributed by atoms with Gasteiger partial charge in [-0.3, -0.25) is 14.9 Å². The second-order valence-electron chi connectivity index (χ2n) is 11.1. The summed E-state index contributed by atoms with van der Waals surface area (Å²) in [6, 6.07) is 33.2. The van der Waals surface area contributed by atoms with Gasteiger partial charge < -0.3 is 14.2 Å². The van der Waals surface area contributed by atoms with Gasteiger partial charge in [-0.2, -0.15) is 0 Å². The fourth-order valence-electron chi connectivity index (χ4n) is 5.56. The average molecular weight is 639 g/mol. The predicted octanol–water partition coefficient (Wildman–Crippen LogP) is 7.79. The zero-order valence-corrected chi connectivity index (χ0v) is 26.5. The lowest BCUT2D eigenvalue weighted by Gasteiger charge is -2.26. The quantitative estimate of drug-likeness (QED) is 0.0852. The van der Waals surface area contributed by atoms with Crippen molar-refractivity contribution in [1.82, 2.24) is 5.32 Å². The van der Waals surface area contributed by atoms with Crippen molar-refractivity contribution in [1.29, 1.82) is 0 Å². The third-order valence-corrected chi connectivity index (χ3v) is 7.83. The number of hydrogen-bond donors (Lipinski definition) is 1. The highest BCUT2D eigenvalue weighted by Crippen LogP contribution is 2.36. The lowest BCUT2D eigenvalue weighted by molar-refractivity contribution is -0.122. The zero-order valence-electron chi connectivity index (χ0n) is 26.5. The Morgan fingerprint density at radius 1 is 0.771 bits per heavy atom. The van der Waals surface area contributed by atoms with E-state index < -0.39 is 17.8 Å². The molecule has 1 aliphatic heterocycles. The average Bonchev–Trinajstić information content (AvgIpc) is 3.10. The highest BCUT2D eigenvalue weighted by Gasteiger charge is 2.37. The van der Waals surface area contributed by atoms with Gasteiger partial charge in [-0.15, -0.1) is 6.58 Å². The number of imide groups is 2. The highest BCUT2D eigenvalue weighted by atomic mass is 16.5. The molecule has 0 bridgehead atoms. The molecule has 5 aromatic carbocycles. The molecule has 0 aromatic heterocycles. The molecular weight excluding hydrogens is 604 g/mol. The van der Waals surface area contributed by atoms with Crippen molar-refractivity contribution in [2.75, 3.05) is 11.5 Å². The van der Waals surface area contributed by atoms with Crippen molar-refractivity contribution in [2.24, 2.45) is 0 Å². The van der Waals surface area contributed by atoms with Crippen LogP contribution in [-0.2, 0) is 29.2 Å². The molecule has 0 unspecified atom stereocenters. The van der Waals surface area contributed by atoms with Gasteiger partial charge >= 0.3 is 6.03 Å². The number of nitrogens with one attached hydrogen (secondary N) is 1. The summed E-state index contributed by atoms with van der Waals surface area (Å²) in [5, 5.41) is 4.50. The maximum atomic E-state index is 13.7. The number of anilines is 1. The van der Waals surface area contributed by atoms with Gasteiger partial charge in [0.15, 0.2) is 11.5 Å². The van der Waals surface area contributed by atoms with Crippen LogP contribution >= 0.6 is 0 Å². The number of urea groups is 1. The number of fused-ring (bicyclic) bond motifs is 1. The summed E-state index contributed by atoms with van der Waals surface area (Å²) in [5.74, 6) is 0.0503. The van der Waals surface area contributed by atoms with Crippen molar-refractivity contribution < 1.29 is 28.6 Å². The Labute approximate surface area is 278 Å². The van der Waals surface area contributed by atoms with E-state index in [1.807, 2.05) is 67.6 Å². The van der Waals surface area contributed by atoms with Crippen LogP contribution in [0.5, 0.6) is 17.2 Å². The number of barbiturate groups is 1. The molecule has 1 aliphatic rings. The van der Waals surface area contributed by atoms with E-state index in [1.54, 1.807) is 36.4 Å². The summed E-state index contributed by atoms with van der Waals surface area (Å²) >= 11 is 0. The number of carbonyl (C=O) groups is 3. The Bertz CT molecular complexity index is 2010. The maximum absolute atomic E-state index is 13.7. The summed E-state index contributed by atoms with van der Waals surface area (Å²) in [4.78, 5) is 40.5. The molecule has 4 amide bonds. The second kappa shape index (κ2) is 14.5. The fraction of sp³-hybridized carbons (Fsp3) is 0.125. The zero-order chi connectivity index (χ0) is 33.5. The van der Waals surface area contributed by atoms with E-state index in [4.69, 9.17) is 14.2 Å². The van der Waals surface area contributed by atoms with Crippen LogP contribution in [0.1, 0.15) is 29.2 Å². The summed E-state index contributed by atoms with van der Waals surface area (Å²) < 4.78 is 18.2. The van der Waals surface area contributed by atoms with Crippen molar-refractivity contribution >= 4 is 40.4 Å². The number of rotatable bonds is 12. The topological polar surface area (TPSA) is 94.2 Å². The molecule has 240 valence electrons. The van der Waals surface area contributed by atoms with Crippen LogP contribution in [0.4, 0.5) is 10.5 Å². The molecule has 0 spiro atoms. The van der Waals surface area contributed by atoms with Crippen molar-refractivity contribution in [3.05, 3.63) is 150 Å². The third-order valence-electron chi connectivity index (χ3n) is 7.83. The minimum atomic E-state index is -0.834. The van der Waals surface area contributed by atoms with E-state index in [-0.39, 0.29) is 5.57 Å². The minimum Gasteiger partial charge on any atom is -0.490 e. The monoisotopic (exact) mass is 638 g/mol. The van der Waals surface area contributed by atoms with E-state index in [1.165, 1.54) is 6.08 Å². The first-order chi connectivity index (χ1) is 23.4. The third kappa shape index (κ3) is 6.98. The first-order valence-electron chi connectivity index (χ1n) is 15.6. The molecule has 0 saturated carbocycles. The molecule has 0 aliphatic carbocycles. The number of hydrogen-bond acceptors (Lipinski definition) is 6. The van der Waals surface area contributed by atoms with E-state index >= 15 is 0 Å². The van der Waals surface area contributed by atoms with Gasteiger partial charge in [0.05, 0.1) is 12.3 Å². The van der Waals surface area contributed by atoms with Crippen LogP contribution in [0, 0.1) is 0 Å². The molecule has 8 heteroatoms. The maximum Gasteiger partial charge on any atom is 0.335 e. The van der Waals surface area contributed by atoms with Crippen LogP contribution in [-0.4, -0.2) is 24.5 Å². The molecule has 1 fully saturated rings. The summed E-state index contributed by atoms with van der Waals surface area (Å²) in [6.07, 6.45) is 3.66. The number of benzene rings is 5. The van der Waals surface area contributed by atoms with Crippen molar-refractivity contribution in [3.8, 4) is 17.2 Å². The predicted molar refractivity (Wildman–Crippen MR) is 186 cm³/mol. The van der Waals surface area contributed by atoms with Crippen LogP contribution < -0.4 is 24.4 Å². The van der Waals surface area contributed by atoms with Gasteiger partial charge in [0, 0.05) is 5.56 Å². The van der Waals surface area contributed by atoms with Gasteiger partial charge in [0.2, 0.25) is 0 Å². The number of nitrogens with zero attached hydrogens (tertiary/aromatic N) is 1. The molecule has 48 heavy (non-hydrogen) atoms. The van der Waals surface area contributed by atoms with Crippen LogP contribution in [0.15, 0.2) is 127 Å². The number of amides is 4. The molecule has 1 N–H and O–H groups in total. The molecule has 0 radical (unpaired) electrons. The van der Waals surface area contributed by atoms with Gasteiger partial charge in [-0.05, 0) is 83.3 Å². The lowest BCUT2D eigenvalue weighted by Crippen LogP contribution is -2.54. The number of ether oxygens (including phenoxy) is 3. The second-order valence-corrected chi connectivity index (χ2v) is 11.1. The van der Waals surface area contributed by atoms with E-state index in [0.29, 0.717) is 54.7 Å². The molecule has 0 atom stereocenters. The fourth-order valence-corrected chi connectivity index (χ4v) is 5.56. The molecule has 1 saturated heterocycles. The Morgan fingerprint density at radius 2 is 1.52 bits per heavy atom. The van der Waals surface area contributed by atoms with E-state index in [0.717, 1.165) is 32.4 Å². The molecule has 5 aromatic rings. The Kier molecular flexibility index (Phi) is 9.62. The minimum absolute atomic E-state index is 0.199. The lowest BCUT2D eigenvalue weighted by atomic mass is 10.0. The van der Waals surface area contributed by atoms with Crippen LogP contribution in [0.25, 0.3) is 16.8 Å². The van der Waals surface area contributed by atoms with Gasteiger partial charge in [-0.25, -0.2) is 9.69 Å². The number of allylic oxidation sites excluding steroid dienone is 1. The van der Waals surface area contributed by atoms with Gasteiger partial charge in [-0.1, -0.05) is 78.9 Å².